The molecular formula is C23H28O9. The van der Waals surface area contributed by atoms with Gasteiger partial charge < -0.3 is 39.0 Å². The molecule has 1 unspecified atom stereocenters. The molecule has 0 bridgehead atoms. The van der Waals surface area contributed by atoms with E-state index in [9.17, 15) is 20.1 Å². The van der Waals surface area contributed by atoms with Crippen molar-refractivity contribution in [1.82, 2.24) is 0 Å². The van der Waals surface area contributed by atoms with Crippen LogP contribution in [0.15, 0.2) is 48.5 Å². The Morgan fingerprint density at radius 3 is 2.38 bits per heavy atom. The van der Waals surface area contributed by atoms with Gasteiger partial charge in [-0.3, -0.25) is 0 Å². The van der Waals surface area contributed by atoms with Crippen molar-refractivity contribution >= 4 is 6.16 Å². The summed E-state index contributed by atoms with van der Waals surface area (Å²) in [4.78, 5) is 11.4. The number of carbonyl (C=O) groups is 1. The lowest BCUT2D eigenvalue weighted by atomic mass is 9.99. The van der Waals surface area contributed by atoms with Crippen LogP contribution in [0.3, 0.4) is 0 Å². The fourth-order valence-electron chi connectivity index (χ4n) is 3.31. The number of hydrogen-bond donors (Lipinski definition) is 3. The number of para-hydroxylation sites is 1. The molecule has 2 aromatic rings. The summed E-state index contributed by atoms with van der Waals surface area (Å²) in [5, 5.41) is 30.8. The molecule has 0 amide bonds. The van der Waals surface area contributed by atoms with Gasteiger partial charge in [-0.15, -0.1) is 0 Å². The normalized spacial score (nSPS) is 25.1. The Labute approximate surface area is 186 Å². The Kier molecular flexibility index (Phi) is 8.29. The SMILES string of the molecule is CCOC(=O)OC[C@H]1OC(Oc2ccccc2Cc2ccc(OC)cc2)[C@H](O)[C@@H](O)[C@@H]1O. The molecule has 174 valence electrons. The van der Waals surface area contributed by atoms with Gasteiger partial charge in [0.2, 0.25) is 6.29 Å². The summed E-state index contributed by atoms with van der Waals surface area (Å²) in [6.07, 6.45) is -7.34. The highest BCUT2D eigenvalue weighted by Gasteiger charge is 2.45. The first-order valence-electron chi connectivity index (χ1n) is 10.3. The van der Waals surface area contributed by atoms with Crippen LogP contribution in [0.2, 0.25) is 0 Å². The van der Waals surface area contributed by atoms with Crippen LogP contribution in [-0.4, -0.2) is 72.5 Å². The van der Waals surface area contributed by atoms with Gasteiger partial charge in [-0.2, -0.15) is 0 Å². The Morgan fingerprint density at radius 1 is 0.969 bits per heavy atom. The van der Waals surface area contributed by atoms with Gasteiger partial charge in [-0.25, -0.2) is 4.79 Å². The molecule has 1 fully saturated rings. The minimum absolute atomic E-state index is 0.130. The highest BCUT2D eigenvalue weighted by Crippen LogP contribution is 2.28. The van der Waals surface area contributed by atoms with Gasteiger partial charge in [0.15, 0.2) is 0 Å². The number of hydrogen-bond acceptors (Lipinski definition) is 9. The number of rotatable bonds is 8. The van der Waals surface area contributed by atoms with Crippen LogP contribution in [0.5, 0.6) is 11.5 Å². The average Bonchev–Trinajstić information content (AvgIpc) is 2.80. The first-order chi connectivity index (χ1) is 15.4. The fourth-order valence-corrected chi connectivity index (χ4v) is 3.31. The quantitative estimate of drug-likeness (QED) is 0.517. The summed E-state index contributed by atoms with van der Waals surface area (Å²) < 4.78 is 26.2. The van der Waals surface area contributed by atoms with E-state index in [1.165, 1.54) is 0 Å². The molecule has 1 heterocycles. The van der Waals surface area contributed by atoms with E-state index in [0.29, 0.717) is 12.2 Å². The molecule has 9 nitrogen and oxygen atoms in total. The summed E-state index contributed by atoms with van der Waals surface area (Å²) in [5.74, 6) is 1.20. The summed E-state index contributed by atoms with van der Waals surface area (Å²) in [7, 11) is 1.60. The first-order valence-corrected chi connectivity index (χ1v) is 10.3. The van der Waals surface area contributed by atoms with Gasteiger partial charge in [0.1, 0.15) is 42.5 Å². The molecule has 0 aliphatic carbocycles. The third-order valence-electron chi connectivity index (χ3n) is 5.07. The zero-order valence-corrected chi connectivity index (χ0v) is 17.9. The van der Waals surface area contributed by atoms with Crippen LogP contribution >= 0.6 is 0 Å². The molecule has 32 heavy (non-hydrogen) atoms. The predicted molar refractivity (Wildman–Crippen MR) is 113 cm³/mol. The van der Waals surface area contributed by atoms with Gasteiger partial charge in [0.05, 0.1) is 13.7 Å². The van der Waals surface area contributed by atoms with E-state index in [-0.39, 0.29) is 13.2 Å². The van der Waals surface area contributed by atoms with Crippen molar-refractivity contribution in [2.75, 3.05) is 20.3 Å². The Morgan fingerprint density at radius 2 is 1.69 bits per heavy atom. The molecule has 2 aromatic carbocycles. The molecule has 1 aliphatic heterocycles. The van der Waals surface area contributed by atoms with Crippen LogP contribution in [0, 0.1) is 0 Å². The van der Waals surface area contributed by atoms with Gasteiger partial charge in [-0.05, 0) is 36.2 Å². The number of methoxy groups -OCH3 is 1. The van der Waals surface area contributed by atoms with E-state index >= 15 is 0 Å². The van der Waals surface area contributed by atoms with E-state index in [1.807, 2.05) is 36.4 Å². The van der Waals surface area contributed by atoms with Gasteiger partial charge in [0.25, 0.3) is 0 Å². The summed E-state index contributed by atoms with van der Waals surface area (Å²) >= 11 is 0. The van der Waals surface area contributed by atoms with Crippen LogP contribution in [-0.2, 0) is 20.6 Å². The van der Waals surface area contributed by atoms with Crippen molar-refractivity contribution in [3.8, 4) is 11.5 Å². The number of aliphatic hydroxyl groups is 3. The molecule has 0 aromatic heterocycles. The topological polar surface area (TPSA) is 124 Å². The second-order valence-electron chi connectivity index (χ2n) is 7.26. The number of carbonyl (C=O) groups excluding carboxylic acids is 1. The zero-order valence-electron chi connectivity index (χ0n) is 17.9. The number of aliphatic hydroxyl groups excluding tert-OH is 3. The van der Waals surface area contributed by atoms with Gasteiger partial charge in [-0.1, -0.05) is 30.3 Å². The highest BCUT2D eigenvalue weighted by atomic mass is 16.7. The molecule has 3 N–H and O–H groups in total. The van der Waals surface area contributed by atoms with E-state index < -0.39 is 36.9 Å². The van der Waals surface area contributed by atoms with Crippen LogP contribution in [0.1, 0.15) is 18.1 Å². The van der Waals surface area contributed by atoms with Crippen molar-refractivity contribution in [3.05, 3.63) is 59.7 Å². The lowest BCUT2D eigenvalue weighted by molar-refractivity contribution is -0.278. The Balaban J connectivity index is 1.71. The molecule has 1 saturated heterocycles. The third kappa shape index (κ3) is 5.89. The highest BCUT2D eigenvalue weighted by molar-refractivity contribution is 5.59. The minimum Gasteiger partial charge on any atom is -0.497 e. The molecule has 0 radical (unpaired) electrons. The van der Waals surface area contributed by atoms with Crippen molar-refractivity contribution in [3.63, 3.8) is 0 Å². The van der Waals surface area contributed by atoms with Crippen molar-refractivity contribution in [2.24, 2.45) is 0 Å². The van der Waals surface area contributed by atoms with Crippen LogP contribution in [0.25, 0.3) is 0 Å². The van der Waals surface area contributed by atoms with Crippen LogP contribution < -0.4 is 9.47 Å². The lowest BCUT2D eigenvalue weighted by Crippen LogP contribution is -2.60. The molecule has 3 rings (SSSR count). The summed E-state index contributed by atoms with van der Waals surface area (Å²) in [6, 6.07) is 14.8. The smallest absolute Gasteiger partial charge is 0.497 e. The van der Waals surface area contributed by atoms with Gasteiger partial charge in [0, 0.05) is 6.42 Å². The predicted octanol–water partition coefficient (Wildman–Crippen LogP) is 1.65. The largest absolute Gasteiger partial charge is 0.508 e. The molecular weight excluding hydrogens is 420 g/mol. The Bertz CT molecular complexity index is 870. The Hall–Kier alpha value is -2.85. The second-order valence-corrected chi connectivity index (χ2v) is 7.26. The van der Waals surface area contributed by atoms with Crippen molar-refractivity contribution < 1.29 is 43.8 Å². The van der Waals surface area contributed by atoms with E-state index in [2.05, 4.69) is 4.74 Å². The maximum absolute atomic E-state index is 11.4. The second kappa shape index (κ2) is 11.1. The molecule has 5 atom stereocenters. The maximum Gasteiger partial charge on any atom is 0.508 e. The molecule has 9 heteroatoms. The molecule has 0 spiro atoms. The van der Waals surface area contributed by atoms with Crippen LogP contribution in [0.4, 0.5) is 4.79 Å². The third-order valence-corrected chi connectivity index (χ3v) is 5.07. The van der Waals surface area contributed by atoms with E-state index in [1.54, 1.807) is 26.2 Å². The van der Waals surface area contributed by atoms with Crippen molar-refractivity contribution in [1.29, 1.82) is 0 Å². The fraction of sp³-hybridized carbons (Fsp3) is 0.435. The number of ether oxygens (including phenoxy) is 5. The average molecular weight is 448 g/mol. The molecule has 0 saturated carbocycles. The van der Waals surface area contributed by atoms with Crippen molar-refractivity contribution in [2.45, 2.75) is 44.1 Å². The number of benzene rings is 2. The van der Waals surface area contributed by atoms with E-state index in [4.69, 9.17) is 18.9 Å². The summed E-state index contributed by atoms with van der Waals surface area (Å²) in [5.41, 5.74) is 1.84. The monoisotopic (exact) mass is 448 g/mol. The first kappa shape index (κ1) is 23.8. The minimum atomic E-state index is -1.56. The summed E-state index contributed by atoms with van der Waals surface area (Å²) in [6.45, 7) is 1.38. The lowest BCUT2D eigenvalue weighted by Gasteiger charge is -2.40. The zero-order chi connectivity index (χ0) is 23.1. The maximum atomic E-state index is 11.4. The molecule has 1 aliphatic rings. The van der Waals surface area contributed by atoms with E-state index in [0.717, 1.165) is 16.9 Å². The standard InChI is InChI=1S/C23H28O9/c1-3-29-23(27)30-13-18-19(24)20(25)21(26)22(32-18)31-17-7-5-4-6-15(17)12-14-8-10-16(28-2)11-9-14/h4-11,18-22,24-26H,3,12-13H2,1-2H3/t18-,19-,20+,21-,22?/m1/s1. The van der Waals surface area contributed by atoms with Gasteiger partial charge >= 0.3 is 6.16 Å².